The van der Waals surface area contributed by atoms with Gasteiger partial charge in [0.1, 0.15) is 0 Å². The first-order valence-corrected chi connectivity index (χ1v) is 23.6. The Bertz CT molecular complexity index is 591. The van der Waals surface area contributed by atoms with Crippen LogP contribution >= 0.6 is 6.83 Å². The van der Waals surface area contributed by atoms with Crippen LogP contribution in [0.25, 0.3) is 0 Å². The van der Waals surface area contributed by atoms with Crippen molar-refractivity contribution in [1.29, 1.82) is 0 Å². The van der Waals surface area contributed by atoms with E-state index in [0.29, 0.717) is 0 Å². The van der Waals surface area contributed by atoms with Crippen molar-refractivity contribution >= 4 is 25.0 Å². The maximum atomic E-state index is 13.5. The summed E-state index contributed by atoms with van der Waals surface area (Å²) in [6.45, 7) is 13.0. The summed E-state index contributed by atoms with van der Waals surface area (Å²) in [5.41, 5.74) is 0. The molecule has 0 fully saturated rings. The van der Waals surface area contributed by atoms with E-state index >= 15 is 0 Å². The molecule has 0 saturated carbocycles. The van der Waals surface area contributed by atoms with Gasteiger partial charge in [0.25, 0.3) is 0 Å². The van der Waals surface area contributed by atoms with Gasteiger partial charge in [0.15, 0.2) is 0 Å². The first-order valence-electron chi connectivity index (χ1n) is 15.4. The van der Waals surface area contributed by atoms with E-state index in [2.05, 4.69) is 47.3 Å². The molecule has 0 bridgehead atoms. The average molecular weight is 553 g/mol. The van der Waals surface area contributed by atoms with E-state index in [9.17, 15) is 8.42 Å². The molecule has 0 atom stereocenters. The van der Waals surface area contributed by atoms with Crippen molar-refractivity contribution in [3.05, 3.63) is 0 Å². The summed E-state index contributed by atoms with van der Waals surface area (Å²) >= 11 is 0. The minimum atomic E-state index is -3.49. The molecule has 0 aliphatic rings. The molecular formula is C29H65O3PSSi. The zero-order valence-corrected chi connectivity index (χ0v) is 27.8. The van der Waals surface area contributed by atoms with Gasteiger partial charge in [-0.2, -0.15) is 0 Å². The SMILES string of the molecule is CCCCCCCCCCCCP(CCCC)(CCCC)(CCCC)OS(=O)(=O)CC[Si](C)(C)C. The predicted octanol–water partition coefficient (Wildman–Crippen LogP) is 10.5. The number of hydrogen-bond donors (Lipinski definition) is 0. The summed E-state index contributed by atoms with van der Waals surface area (Å²) in [5.74, 6) is 0.225. The van der Waals surface area contributed by atoms with Crippen LogP contribution in [0, 0.1) is 0 Å². The Morgan fingerprint density at radius 1 is 0.543 bits per heavy atom. The van der Waals surface area contributed by atoms with Crippen molar-refractivity contribution in [2.75, 3.05) is 30.4 Å². The van der Waals surface area contributed by atoms with Crippen LogP contribution in [0.3, 0.4) is 0 Å². The second-order valence-electron chi connectivity index (χ2n) is 12.6. The third-order valence-electron chi connectivity index (χ3n) is 7.74. The molecule has 0 aliphatic carbocycles. The molecule has 0 N–H and O–H groups in total. The molecule has 0 amide bonds. The van der Waals surface area contributed by atoms with Crippen molar-refractivity contribution in [2.24, 2.45) is 0 Å². The molecule has 3 nitrogen and oxygen atoms in total. The Balaban J connectivity index is 5.48. The van der Waals surface area contributed by atoms with Gasteiger partial charge >= 0.3 is 224 Å². The van der Waals surface area contributed by atoms with E-state index in [4.69, 9.17) is 3.97 Å². The zero-order valence-electron chi connectivity index (χ0n) is 25.1. The Labute approximate surface area is 223 Å². The van der Waals surface area contributed by atoms with Crippen LogP contribution in [0.4, 0.5) is 0 Å². The topological polar surface area (TPSA) is 43.4 Å². The second kappa shape index (κ2) is 18.7. The maximum absolute atomic E-state index is 13.5. The first-order chi connectivity index (χ1) is 16.5. The van der Waals surface area contributed by atoms with E-state index in [0.717, 1.165) is 75.6 Å². The van der Waals surface area contributed by atoms with Crippen LogP contribution in [-0.2, 0) is 14.1 Å². The van der Waals surface area contributed by atoms with Crippen LogP contribution < -0.4 is 0 Å². The molecule has 0 aliphatic heterocycles. The van der Waals surface area contributed by atoms with Gasteiger partial charge in [-0.25, -0.2) is 0 Å². The molecule has 0 aromatic rings. The van der Waals surface area contributed by atoms with E-state index < -0.39 is 25.0 Å². The summed E-state index contributed by atoms with van der Waals surface area (Å²) in [4.78, 5) is 0. The fourth-order valence-electron chi connectivity index (χ4n) is 5.28. The van der Waals surface area contributed by atoms with Crippen molar-refractivity contribution in [3.63, 3.8) is 0 Å². The van der Waals surface area contributed by atoms with Crippen molar-refractivity contribution in [3.8, 4) is 0 Å². The molecular weight excluding hydrogens is 487 g/mol. The molecule has 0 heterocycles. The molecule has 35 heavy (non-hydrogen) atoms. The summed E-state index contributed by atoms with van der Waals surface area (Å²) in [7, 11) is -4.93. The molecule has 0 aromatic carbocycles. The Kier molecular flexibility index (Phi) is 19.0. The van der Waals surface area contributed by atoms with E-state index in [1.807, 2.05) is 0 Å². The predicted molar refractivity (Wildman–Crippen MR) is 166 cm³/mol. The third kappa shape index (κ3) is 16.9. The quantitative estimate of drug-likeness (QED) is 0.0642. The minimum absolute atomic E-state index is 0.225. The summed E-state index contributed by atoms with van der Waals surface area (Å²) < 4.78 is 33.7. The number of unbranched alkanes of at least 4 members (excludes halogenated alkanes) is 12. The summed E-state index contributed by atoms with van der Waals surface area (Å²) in [5, 5.41) is 0. The van der Waals surface area contributed by atoms with Gasteiger partial charge in [0, 0.05) is 0 Å². The van der Waals surface area contributed by atoms with Gasteiger partial charge in [-0.15, -0.1) is 0 Å². The number of rotatable bonds is 25. The second-order valence-corrected chi connectivity index (χ2v) is 25.9. The zero-order chi connectivity index (χ0) is 26.7. The van der Waals surface area contributed by atoms with Gasteiger partial charge < -0.3 is 0 Å². The molecule has 0 aromatic heterocycles. The normalized spacial score (nSPS) is 14.2. The molecule has 0 spiro atoms. The average Bonchev–Trinajstić information content (AvgIpc) is 2.80. The van der Waals surface area contributed by atoms with E-state index in [-0.39, 0.29) is 5.75 Å². The van der Waals surface area contributed by atoms with Crippen molar-refractivity contribution in [2.45, 2.75) is 156 Å². The molecule has 0 saturated heterocycles. The molecule has 214 valence electrons. The van der Waals surface area contributed by atoms with E-state index in [1.54, 1.807) is 0 Å². The van der Waals surface area contributed by atoms with Crippen molar-refractivity contribution < 1.29 is 12.4 Å². The molecule has 6 heteroatoms. The fraction of sp³-hybridized carbons (Fsp3) is 1.00. The van der Waals surface area contributed by atoms with Gasteiger partial charge in [-0.1, -0.05) is 0 Å². The fourth-order valence-corrected chi connectivity index (χ4v) is 18.5. The van der Waals surface area contributed by atoms with Crippen LogP contribution in [-0.4, -0.2) is 46.9 Å². The number of hydrogen-bond acceptors (Lipinski definition) is 3. The summed E-state index contributed by atoms with van der Waals surface area (Å²) in [6, 6.07) is 0.801. The Morgan fingerprint density at radius 3 is 1.26 bits per heavy atom. The van der Waals surface area contributed by atoms with Gasteiger partial charge in [-0.05, 0) is 0 Å². The van der Waals surface area contributed by atoms with Crippen LogP contribution in [0.2, 0.25) is 25.7 Å². The van der Waals surface area contributed by atoms with Crippen LogP contribution in [0.5, 0.6) is 0 Å². The van der Waals surface area contributed by atoms with Crippen molar-refractivity contribution in [1.82, 2.24) is 0 Å². The molecule has 0 rings (SSSR count). The van der Waals surface area contributed by atoms with E-state index in [1.165, 1.54) is 57.8 Å². The first kappa shape index (κ1) is 35.6. The third-order valence-corrected chi connectivity index (χ3v) is 18.9. The van der Waals surface area contributed by atoms with Gasteiger partial charge in [0.2, 0.25) is 0 Å². The molecule has 0 unspecified atom stereocenters. The molecule has 0 radical (unpaired) electrons. The Morgan fingerprint density at radius 2 is 0.886 bits per heavy atom. The monoisotopic (exact) mass is 552 g/mol. The standard InChI is InChI=1S/C29H65O3PSSi/c1-8-12-16-17-18-19-20-21-22-23-27-33(24-13-9-2,25-14-10-3,26-15-11-4)32-34(30,31)28-29-35(5,6)7/h8-29H2,1-7H3. The van der Waals surface area contributed by atoms with Crippen LogP contribution in [0.1, 0.15) is 130 Å². The van der Waals surface area contributed by atoms with Gasteiger partial charge in [0.05, 0.1) is 0 Å². The van der Waals surface area contributed by atoms with Gasteiger partial charge in [-0.3, -0.25) is 0 Å². The van der Waals surface area contributed by atoms with Crippen LogP contribution in [0.15, 0.2) is 0 Å². The Hall–Kier alpha value is 0.557. The summed E-state index contributed by atoms with van der Waals surface area (Å²) in [6.07, 6.45) is 24.0.